The van der Waals surface area contributed by atoms with Gasteiger partial charge in [-0.15, -0.1) is 0 Å². The second-order valence-corrected chi connectivity index (χ2v) is 4.73. The molecule has 2 aromatic rings. The average Bonchev–Trinajstić information content (AvgIpc) is 2.87. The Balaban J connectivity index is 1.77. The lowest BCUT2D eigenvalue weighted by atomic mass is 10.1. The van der Waals surface area contributed by atoms with Gasteiger partial charge in [0.15, 0.2) is 5.82 Å². The van der Waals surface area contributed by atoms with Crippen LogP contribution in [0.25, 0.3) is 0 Å². The fraction of sp³-hybridized carbons (Fsp3) is 0.455. The number of hydrogen-bond acceptors (Lipinski definition) is 4. The van der Waals surface area contributed by atoms with Crippen LogP contribution in [0, 0.1) is 6.92 Å². The Morgan fingerprint density at radius 3 is 3.06 bits per heavy atom. The van der Waals surface area contributed by atoms with E-state index in [0.717, 1.165) is 24.6 Å². The highest BCUT2D eigenvalue weighted by molar-refractivity contribution is 7.07. The summed E-state index contributed by atoms with van der Waals surface area (Å²) in [7, 11) is 0. The van der Waals surface area contributed by atoms with E-state index in [1.165, 1.54) is 5.56 Å². The third-order valence-corrected chi connectivity index (χ3v) is 3.11. The first-order valence-corrected chi connectivity index (χ1v) is 6.30. The van der Waals surface area contributed by atoms with Gasteiger partial charge in [0, 0.05) is 6.04 Å². The van der Waals surface area contributed by atoms with Crippen LogP contribution in [0.2, 0.25) is 0 Å². The van der Waals surface area contributed by atoms with Gasteiger partial charge in [0.1, 0.15) is 5.82 Å². The third-order valence-electron chi connectivity index (χ3n) is 2.37. The fourth-order valence-corrected chi connectivity index (χ4v) is 2.25. The normalized spacial score (nSPS) is 12.9. The standard InChI is InChI=1S/C11H16N4S/c1-8(5-10-3-4-16-7-10)12-6-11-13-9(2)14-15-11/h3-4,7-8,12H,5-6H2,1-2H3,(H,13,14,15). The van der Waals surface area contributed by atoms with Gasteiger partial charge in [-0.2, -0.15) is 16.4 Å². The number of H-pyrrole nitrogens is 1. The fourth-order valence-electron chi connectivity index (χ4n) is 1.57. The highest BCUT2D eigenvalue weighted by atomic mass is 32.1. The van der Waals surface area contributed by atoms with Gasteiger partial charge in [-0.05, 0) is 42.7 Å². The van der Waals surface area contributed by atoms with E-state index >= 15 is 0 Å². The van der Waals surface area contributed by atoms with E-state index in [2.05, 4.69) is 44.2 Å². The monoisotopic (exact) mass is 236 g/mol. The number of thiophene rings is 1. The van der Waals surface area contributed by atoms with Gasteiger partial charge in [-0.25, -0.2) is 4.98 Å². The zero-order chi connectivity index (χ0) is 11.4. The van der Waals surface area contributed by atoms with E-state index in [-0.39, 0.29) is 0 Å². The van der Waals surface area contributed by atoms with Crippen LogP contribution in [0.1, 0.15) is 24.1 Å². The van der Waals surface area contributed by atoms with Crippen molar-refractivity contribution in [2.75, 3.05) is 0 Å². The summed E-state index contributed by atoms with van der Waals surface area (Å²) in [6.07, 6.45) is 1.05. The molecule has 0 aliphatic carbocycles. The molecule has 2 N–H and O–H groups in total. The Bertz CT molecular complexity index is 421. The summed E-state index contributed by atoms with van der Waals surface area (Å²) < 4.78 is 0. The second-order valence-electron chi connectivity index (χ2n) is 3.95. The summed E-state index contributed by atoms with van der Waals surface area (Å²) in [6.45, 7) is 4.80. The minimum atomic E-state index is 0.438. The van der Waals surface area contributed by atoms with E-state index in [1.807, 2.05) is 6.92 Å². The molecule has 2 rings (SSSR count). The van der Waals surface area contributed by atoms with Gasteiger partial charge >= 0.3 is 0 Å². The largest absolute Gasteiger partial charge is 0.307 e. The van der Waals surface area contributed by atoms with Crippen LogP contribution < -0.4 is 5.32 Å². The summed E-state index contributed by atoms with van der Waals surface area (Å²) in [5.74, 6) is 1.69. The van der Waals surface area contributed by atoms with Gasteiger partial charge in [0.2, 0.25) is 0 Å². The molecule has 4 nitrogen and oxygen atoms in total. The quantitative estimate of drug-likeness (QED) is 0.833. The van der Waals surface area contributed by atoms with Crippen LogP contribution in [0.4, 0.5) is 0 Å². The Morgan fingerprint density at radius 2 is 2.44 bits per heavy atom. The minimum absolute atomic E-state index is 0.438. The molecule has 2 heterocycles. The smallest absolute Gasteiger partial charge is 0.164 e. The molecule has 2 aromatic heterocycles. The maximum Gasteiger partial charge on any atom is 0.164 e. The van der Waals surface area contributed by atoms with Crippen LogP contribution in [0.3, 0.4) is 0 Å². The Labute approximate surface area is 99.1 Å². The van der Waals surface area contributed by atoms with Gasteiger partial charge in [0.05, 0.1) is 6.54 Å². The maximum atomic E-state index is 4.25. The summed E-state index contributed by atoms with van der Waals surface area (Å²) in [6, 6.07) is 2.60. The predicted octanol–water partition coefficient (Wildman–Crippen LogP) is 1.90. The number of aromatic amines is 1. The van der Waals surface area contributed by atoms with Gasteiger partial charge in [-0.1, -0.05) is 0 Å². The number of rotatable bonds is 5. The van der Waals surface area contributed by atoms with Gasteiger partial charge < -0.3 is 5.32 Å². The Kier molecular flexibility index (Phi) is 3.69. The highest BCUT2D eigenvalue weighted by Crippen LogP contribution is 2.08. The highest BCUT2D eigenvalue weighted by Gasteiger charge is 2.05. The molecule has 0 saturated heterocycles. The summed E-state index contributed by atoms with van der Waals surface area (Å²) in [5, 5.41) is 14.6. The van der Waals surface area contributed by atoms with Crippen molar-refractivity contribution in [2.45, 2.75) is 32.9 Å². The van der Waals surface area contributed by atoms with Crippen molar-refractivity contribution in [1.29, 1.82) is 0 Å². The number of hydrogen-bond donors (Lipinski definition) is 2. The molecule has 86 valence electrons. The Morgan fingerprint density at radius 1 is 1.56 bits per heavy atom. The number of nitrogens with one attached hydrogen (secondary N) is 2. The lowest BCUT2D eigenvalue weighted by Crippen LogP contribution is -2.27. The second kappa shape index (κ2) is 5.23. The van der Waals surface area contributed by atoms with Crippen LogP contribution in [-0.4, -0.2) is 21.2 Å². The van der Waals surface area contributed by atoms with Crippen molar-refractivity contribution in [3.63, 3.8) is 0 Å². The zero-order valence-corrected chi connectivity index (χ0v) is 10.3. The lowest BCUT2D eigenvalue weighted by molar-refractivity contribution is 0.534. The van der Waals surface area contributed by atoms with Crippen molar-refractivity contribution in [3.05, 3.63) is 34.0 Å². The first-order valence-electron chi connectivity index (χ1n) is 5.36. The molecule has 0 spiro atoms. The molecule has 5 heteroatoms. The number of aromatic nitrogens is 3. The van der Waals surface area contributed by atoms with Gasteiger partial charge in [-0.3, -0.25) is 5.10 Å². The molecule has 0 fully saturated rings. The topological polar surface area (TPSA) is 53.6 Å². The van der Waals surface area contributed by atoms with E-state index in [4.69, 9.17) is 0 Å². The average molecular weight is 236 g/mol. The molecule has 0 aliphatic heterocycles. The molecule has 0 bridgehead atoms. The van der Waals surface area contributed by atoms with Gasteiger partial charge in [0.25, 0.3) is 0 Å². The molecular formula is C11H16N4S. The van der Waals surface area contributed by atoms with Crippen molar-refractivity contribution in [3.8, 4) is 0 Å². The van der Waals surface area contributed by atoms with Crippen LogP contribution in [-0.2, 0) is 13.0 Å². The summed E-state index contributed by atoms with van der Waals surface area (Å²) in [5.41, 5.74) is 1.39. The Hall–Kier alpha value is -1.20. The van der Waals surface area contributed by atoms with Crippen LogP contribution >= 0.6 is 11.3 Å². The van der Waals surface area contributed by atoms with Crippen molar-refractivity contribution >= 4 is 11.3 Å². The van der Waals surface area contributed by atoms with Crippen LogP contribution in [0.5, 0.6) is 0 Å². The first-order chi connectivity index (χ1) is 7.74. The number of nitrogens with zero attached hydrogens (tertiary/aromatic N) is 2. The van der Waals surface area contributed by atoms with E-state index in [9.17, 15) is 0 Å². The maximum absolute atomic E-state index is 4.25. The SMILES string of the molecule is Cc1nc(CNC(C)Cc2ccsc2)n[nH]1. The summed E-state index contributed by atoms with van der Waals surface area (Å²) >= 11 is 1.74. The molecule has 1 atom stereocenters. The van der Waals surface area contributed by atoms with E-state index < -0.39 is 0 Å². The van der Waals surface area contributed by atoms with Crippen molar-refractivity contribution in [1.82, 2.24) is 20.5 Å². The van der Waals surface area contributed by atoms with E-state index in [1.54, 1.807) is 11.3 Å². The third kappa shape index (κ3) is 3.15. The molecule has 0 amide bonds. The molecule has 0 aromatic carbocycles. The number of aryl methyl sites for hydroxylation is 1. The molecule has 16 heavy (non-hydrogen) atoms. The van der Waals surface area contributed by atoms with Crippen molar-refractivity contribution < 1.29 is 0 Å². The van der Waals surface area contributed by atoms with Crippen molar-refractivity contribution in [2.24, 2.45) is 0 Å². The molecule has 0 aliphatic rings. The lowest BCUT2D eigenvalue weighted by Gasteiger charge is -2.11. The zero-order valence-electron chi connectivity index (χ0n) is 9.53. The van der Waals surface area contributed by atoms with Crippen LogP contribution in [0.15, 0.2) is 16.8 Å². The molecular weight excluding hydrogens is 220 g/mol. The molecule has 1 unspecified atom stereocenters. The molecule has 0 saturated carbocycles. The first kappa shape index (κ1) is 11.3. The molecule has 0 radical (unpaired) electrons. The summed E-state index contributed by atoms with van der Waals surface area (Å²) in [4.78, 5) is 4.25. The minimum Gasteiger partial charge on any atom is -0.307 e. The predicted molar refractivity (Wildman–Crippen MR) is 65.4 cm³/mol. The van der Waals surface area contributed by atoms with E-state index in [0.29, 0.717) is 6.04 Å².